The third-order valence-electron chi connectivity index (χ3n) is 4.44. The number of phenols is 1. The molecule has 0 saturated heterocycles. The van der Waals surface area contributed by atoms with E-state index in [-0.39, 0.29) is 22.9 Å². The Labute approximate surface area is 154 Å². The number of benzene rings is 2. The van der Waals surface area contributed by atoms with Crippen molar-refractivity contribution >= 4 is 16.8 Å². The second kappa shape index (κ2) is 6.32. The molecule has 0 bridgehead atoms. The summed E-state index contributed by atoms with van der Waals surface area (Å²) in [4.78, 5) is 17.2. The molecule has 0 aliphatic heterocycles. The molecule has 2 heterocycles. The summed E-state index contributed by atoms with van der Waals surface area (Å²) >= 11 is 0. The van der Waals surface area contributed by atoms with E-state index >= 15 is 0 Å². The first kappa shape index (κ1) is 16.9. The number of aryl methyl sites for hydroxylation is 2. The van der Waals surface area contributed by atoms with Gasteiger partial charge < -0.3 is 5.11 Å². The Morgan fingerprint density at radius 2 is 1.81 bits per heavy atom. The predicted octanol–water partition coefficient (Wildman–Crippen LogP) is 4.11. The van der Waals surface area contributed by atoms with Crippen LogP contribution < -0.4 is 0 Å². The number of halogens is 1. The summed E-state index contributed by atoms with van der Waals surface area (Å²) in [5.41, 5.74) is 3.43. The van der Waals surface area contributed by atoms with Gasteiger partial charge in [0.2, 0.25) is 0 Å². The molecule has 0 fully saturated rings. The zero-order valence-electron chi connectivity index (χ0n) is 14.8. The number of hydrogen-bond donors (Lipinski definition) is 1. The minimum Gasteiger partial charge on any atom is -0.507 e. The van der Waals surface area contributed by atoms with Gasteiger partial charge in [0.15, 0.2) is 11.4 Å². The number of fused-ring (bicyclic) bond motifs is 1. The first-order valence-electron chi connectivity index (χ1n) is 8.39. The van der Waals surface area contributed by atoms with E-state index in [9.17, 15) is 14.3 Å². The molecule has 1 N–H and O–H groups in total. The molecule has 27 heavy (non-hydrogen) atoms. The largest absolute Gasteiger partial charge is 0.507 e. The predicted molar refractivity (Wildman–Crippen MR) is 99.8 cm³/mol. The van der Waals surface area contributed by atoms with Gasteiger partial charge in [-0.1, -0.05) is 11.6 Å². The van der Waals surface area contributed by atoms with Crippen LogP contribution in [0, 0.1) is 19.7 Å². The van der Waals surface area contributed by atoms with Crippen molar-refractivity contribution < 1.29 is 14.3 Å². The van der Waals surface area contributed by atoms with Crippen molar-refractivity contribution in [3.63, 3.8) is 0 Å². The second-order valence-corrected chi connectivity index (χ2v) is 6.42. The van der Waals surface area contributed by atoms with E-state index in [0.717, 1.165) is 10.9 Å². The Balaban J connectivity index is 1.81. The summed E-state index contributed by atoms with van der Waals surface area (Å²) in [5.74, 6) is -0.699. The van der Waals surface area contributed by atoms with Crippen LogP contribution in [-0.4, -0.2) is 25.7 Å². The smallest absolute Gasteiger partial charge is 0.198 e. The normalized spacial score (nSPS) is 11.1. The number of rotatable bonds is 3. The van der Waals surface area contributed by atoms with Crippen LogP contribution >= 0.6 is 0 Å². The fourth-order valence-electron chi connectivity index (χ4n) is 3.02. The molecule has 0 unspecified atom stereocenters. The van der Waals surface area contributed by atoms with Crippen LogP contribution in [0.3, 0.4) is 0 Å². The molecule has 4 aromatic rings. The van der Waals surface area contributed by atoms with Crippen LogP contribution in [0.15, 0.2) is 54.7 Å². The van der Waals surface area contributed by atoms with Crippen molar-refractivity contribution in [2.75, 3.05) is 0 Å². The van der Waals surface area contributed by atoms with E-state index in [1.54, 1.807) is 35.0 Å². The third-order valence-corrected chi connectivity index (χ3v) is 4.44. The maximum Gasteiger partial charge on any atom is 0.198 e. The third kappa shape index (κ3) is 2.95. The summed E-state index contributed by atoms with van der Waals surface area (Å²) in [6.07, 6.45) is 1.47. The first-order valence-corrected chi connectivity index (χ1v) is 8.39. The zero-order chi connectivity index (χ0) is 19.1. The van der Waals surface area contributed by atoms with Crippen molar-refractivity contribution in [2.45, 2.75) is 13.8 Å². The molecule has 0 atom stereocenters. The minimum atomic E-state index is -0.328. The van der Waals surface area contributed by atoms with Gasteiger partial charge in [-0.15, -0.1) is 0 Å². The summed E-state index contributed by atoms with van der Waals surface area (Å²) in [7, 11) is 0. The van der Waals surface area contributed by atoms with Crippen LogP contribution in [0.1, 0.15) is 27.2 Å². The monoisotopic (exact) mass is 361 g/mol. The summed E-state index contributed by atoms with van der Waals surface area (Å²) in [5, 5.41) is 15.2. The lowest BCUT2D eigenvalue weighted by atomic mass is 10.0. The highest BCUT2D eigenvalue weighted by Gasteiger charge is 2.17. The van der Waals surface area contributed by atoms with Gasteiger partial charge in [0, 0.05) is 17.1 Å². The van der Waals surface area contributed by atoms with E-state index in [4.69, 9.17) is 0 Å². The Hall–Kier alpha value is -3.54. The lowest BCUT2D eigenvalue weighted by Crippen LogP contribution is -2.04. The number of carbonyl (C=O) groups is 1. The van der Waals surface area contributed by atoms with Crippen LogP contribution in [-0.2, 0) is 0 Å². The molecule has 0 amide bonds. The van der Waals surface area contributed by atoms with Crippen LogP contribution in [0.25, 0.3) is 16.7 Å². The van der Waals surface area contributed by atoms with Crippen LogP contribution in [0.2, 0.25) is 0 Å². The van der Waals surface area contributed by atoms with Crippen molar-refractivity contribution in [3.05, 3.63) is 82.9 Å². The molecule has 4 rings (SSSR count). The number of aromatic hydroxyl groups is 1. The van der Waals surface area contributed by atoms with E-state index in [1.165, 1.54) is 24.4 Å². The molecule has 134 valence electrons. The average molecular weight is 361 g/mol. The molecule has 5 nitrogen and oxygen atoms in total. The maximum atomic E-state index is 13.2. The van der Waals surface area contributed by atoms with Gasteiger partial charge in [0.25, 0.3) is 0 Å². The zero-order valence-corrected chi connectivity index (χ0v) is 14.8. The van der Waals surface area contributed by atoms with Gasteiger partial charge >= 0.3 is 0 Å². The number of aromatic nitrogens is 3. The number of hydrogen-bond acceptors (Lipinski definition) is 4. The minimum absolute atomic E-state index is 0.0653. The Bertz CT molecular complexity index is 1180. The van der Waals surface area contributed by atoms with Gasteiger partial charge in [-0.05, 0) is 56.3 Å². The second-order valence-electron chi connectivity index (χ2n) is 6.42. The van der Waals surface area contributed by atoms with Crippen LogP contribution in [0.4, 0.5) is 4.39 Å². The number of ketones is 1. The lowest BCUT2D eigenvalue weighted by molar-refractivity contribution is 0.103. The molecule has 0 aliphatic rings. The fourth-order valence-corrected chi connectivity index (χ4v) is 3.02. The highest BCUT2D eigenvalue weighted by atomic mass is 19.1. The highest BCUT2D eigenvalue weighted by Crippen LogP contribution is 2.25. The fraction of sp³-hybridized carbons (Fsp3) is 0.0952. The Kier molecular flexibility index (Phi) is 3.96. The lowest BCUT2D eigenvalue weighted by Gasteiger charge is -2.06. The molecule has 2 aromatic carbocycles. The first-order chi connectivity index (χ1) is 12.9. The van der Waals surface area contributed by atoms with Crippen molar-refractivity contribution in [2.24, 2.45) is 0 Å². The van der Waals surface area contributed by atoms with Gasteiger partial charge in [0.05, 0.1) is 16.9 Å². The van der Waals surface area contributed by atoms with E-state index in [0.29, 0.717) is 22.6 Å². The molecular formula is C21H16FN3O2. The van der Waals surface area contributed by atoms with Gasteiger partial charge in [0.1, 0.15) is 11.6 Å². The van der Waals surface area contributed by atoms with Crippen LogP contribution in [0.5, 0.6) is 5.75 Å². The topological polar surface area (TPSA) is 68.0 Å². The van der Waals surface area contributed by atoms with E-state index in [2.05, 4.69) is 10.1 Å². The number of pyridine rings is 1. The molecule has 2 aromatic heterocycles. The van der Waals surface area contributed by atoms with Crippen molar-refractivity contribution in [3.8, 4) is 11.4 Å². The number of nitrogens with zero attached hydrogens (tertiary/aromatic N) is 3. The number of phenolic OH excluding ortho intramolecular Hbond substituents is 1. The molecule has 0 aliphatic carbocycles. The van der Waals surface area contributed by atoms with E-state index < -0.39 is 0 Å². The molecule has 0 radical (unpaired) electrons. The maximum absolute atomic E-state index is 13.2. The summed E-state index contributed by atoms with van der Waals surface area (Å²) in [6, 6.07) is 12.6. The standard InChI is InChI=1S/C21H16FN3O2/c1-12-3-8-19(26)18(9-12)20(27)14-10-17-13(2)24-25(21(17)23-11-14)16-6-4-15(22)5-7-16/h3-11,26H,1-2H3. The van der Waals surface area contributed by atoms with Gasteiger partial charge in [-0.2, -0.15) is 5.10 Å². The molecular weight excluding hydrogens is 345 g/mol. The van der Waals surface area contributed by atoms with Gasteiger partial charge in [-0.3, -0.25) is 4.79 Å². The number of carbonyl (C=O) groups excluding carboxylic acids is 1. The highest BCUT2D eigenvalue weighted by molar-refractivity contribution is 6.11. The molecule has 0 spiro atoms. The molecule has 0 saturated carbocycles. The van der Waals surface area contributed by atoms with Crippen molar-refractivity contribution in [1.29, 1.82) is 0 Å². The Morgan fingerprint density at radius 1 is 1.07 bits per heavy atom. The van der Waals surface area contributed by atoms with Crippen molar-refractivity contribution in [1.82, 2.24) is 14.8 Å². The molecule has 6 heteroatoms. The summed E-state index contributed by atoms with van der Waals surface area (Å²) < 4.78 is 14.8. The van der Waals surface area contributed by atoms with Gasteiger partial charge in [-0.25, -0.2) is 14.1 Å². The Morgan fingerprint density at radius 3 is 2.56 bits per heavy atom. The van der Waals surface area contributed by atoms with E-state index in [1.807, 2.05) is 13.8 Å². The average Bonchev–Trinajstić information content (AvgIpc) is 3.00. The quantitative estimate of drug-likeness (QED) is 0.558. The summed E-state index contributed by atoms with van der Waals surface area (Å²) in [6.45, 7) is 3.68. The SMILES string of the molecule is Cc1ccc(O)c(C(=O)c2cnc3c(c2)c(C)nn3-c2ccc(F)cc2)c1.